The van der Waals surface area contributed by atoms with Crippen molar-refractivity contribution >= 4 is 10.8 Å². The zero-order chi connectivity index (χ0) is 24.0. The highest BCUT2D eigenvalue weighted by Crippen LogP contribution is 2.36. The highest BCUT2D eigenvalue weighted by Gasteiger charge is 2.50. The first kappa shape index (κ1) is 23.7. The fraction of sp³-hybridized carbons (Fsp3) is 0.385. The van der Waals surface area contributed by atoms with Crippen molar-refractivity contribution in [3.63, 3.8) is 0 Å². The summed E-state index contributed by atoms with van der Waals surface area (Å²) in [6, 6.07) is 23.9. The minimum Gasteiger partial charge on any atom is -0.385 e. The molecule has 182 valence electrons. The van der Waals surface area contributed by atoms with E-state index in [-0.39, 0.29) is 26.4 Å². The molecule has 2 fully saturated rings. The maximum Gasteiger partial charge on any atom is 0.186 e. The van der Waals surface area contributed by atoms with Crippen LogP contribution in [0.15, 0.2) is 77.9 Å². The maximum absolute atomic E-state index is 11.1. The fourth-order valence-corrected chi connectivity index (χ4v) is 4.45. The Morgan fingerprint density at radius 2 is 1.77 bits per heavy atom. The summed E-state index contributed by atoms with van der Waals surface area (Å²) in [4.78, 5) is 2.72. The molecule has 0 amide bonds. The van der Waals surface area contributed by atoms with E-state index in [2.05, 4.69) is 34.3 Å². The Morgan fingerprint density at radius 1 is 0.971 bits per heavy atom. The van der Waals surface area contributed by atoms with Gasteiger partial charge in [0.15, 0.2) is 12.6 Å². The van der Waals surface area contributed by atoms with Crippen molar-refractivity contribution < 1.29 is 28.8 Å². The molecule has 0 bridgehead atoms. The van der Waals surface area contributed by atoms with E-state index < -0.39 is 37.0 Å². The summed E-state index contributed by atoms with van der Waals surface area (Å²) in [6.45, 7) is 0.766. The normalized spacial score (nSPS) is 28.3. The predicted octanol–water partition coefficient (Wildman–Crippen LogP) is 4.25. The molecule has 1 N–H and O–H groups in total. The summed E-state index contributed by atoms with van der Waals surface area (Å²) in [7, 11) is 0. The molecule has 2 saturated heterocycles. The van der Waals surface area contributed by atoms with Crippen LogP contribution in [0.5, 0.6) is 0 Å². The van der Waals surface area contributed by atoms with Crippen LogP contribution in [0, 0.1) is 0 Å². The number of rotatable bonds is 8. The molecule has 35 heavy (non-hydrogen) atoms. The van der Waals surface area contributed by atoms with Crippen LogP contribution in [0.1, 0.15) is 17.4 Å². The minimum absolute atomic E-state index is 0.106. The monoisotopic (exact) mass is 477 g/mol. The highest BCUT2D eigenvalue weighted by molar-refractivity contribution is 5.82. The lowest BCUT2D eigenvalue weighted by atomic mass is 9.97. The second kappa shape index (κ2) is 11.2. The molecule has 0 radical (unpaired) electrons. The average Bonchev–Trinajstić information content (AvgIpc) is 2.91. The molecule has 0 spiro atoms. The van der Waals surface area contributed by atoms with Gasteiger partial charge in [-0.05, 0) is 27.9 Å². The van der Waals surface area contributed by atoms with Gasteiger partial charge in [-0.2, -0.15) is 0 Å². The van der Waals surface area contributed by atoms with Gasteiger partial charge in [0.25, 0.3) is 0 Å². The third-order valence-corrected chi connectivity index (χ3v) is 6.17. The van der Waals surface area contributed by atoms with Gasteiger partial charge in [-0.1, -0.05) is 71.8 Å². The van der Waals surface area contributed by atoms with Crippen LogP contribution in [0.25, 0.3) is 21.2 Å². The van der Waals surface area contributed by atoms with Gasteiger partial charge in [0, 0.05) is 17.0 Å². The number of hydrogen-bond acceptors (Lipinski definition) is 7. The molecule has 0 aliphatic carbocycles. The van der Waals surface area contributed by atoms with Crippen LogP contribution in [0.4, 0.5) is 0 Å². The van der Waals surface area contributed by atoms with E-state index in [1.165, 1.54) is 0 Å². The first-order valence-corrected chi connectivity index (χ1v) is 11.6. The molecule has 2 aliphatic heterocycles. The van der Waals surface area contributed by atoms with E-state index in [9.17, 15) is 5.11 Å². The smallest absolute Gasteiger partial charge is 0.186 e. The highest BCUT2D eigenvalue weighted by atomic mass is 16.8. The average molecular weight is 478 g/mol. The van der Waals surface area contributed by atoms with Gasteiger partial charge >= 0.3 is 0 Å². The summed E-state index contributed by atoms with van der Waals surface area (Å²) in [5, 5.41) is 16.9. The molecule has 1 unspecified atom stereocenters. The van der Waals surface area contributed by atoms with Crippen LogP contribution in [0.3, 0.4) is 0 Å². The van der Waals surface area contributed by atoms with E-state index >= 15 is 0 Å². The van der Waals surface area contributed by atoms with Gasteiger partial charge in [-0.15, -0.1) is 0 Å². The number of aliphatic hydroxyl groups is 1. The topological polar surface area (TPSA) is 115 Å². The van der Waals surface area contributed by atoms with E-state index in [4.69, 9.17) is 29.2 Å². The second-order valence-corrected chi connectivity index (χ2v) is 8.49. The van der Waals surface area contributed by atoms with Crippen molar-refractivity contribution in [3.05, 3.63) is 94.4 Å². The van der Waals surface area contributed by atoms with Crippen molar-refractivity contribution in [1.82, 2.24) is 0 Å². The van der Waals surface area contributed by atoms with Gasteiger partial charge in [-0.3, -0.25) is 0 Å². The Kier molecular flexibility index (Phi) is 7.56. The van der Waals surface area contributed by atoms with Gasteiger partial charge in [0.2, 0.25) is 0 Å². The molecule has 2 aliphatic rings. The number of benzene rings is 3. The van der Waals surface area contributed by atoms with Gasteiger partial charge < -0.3 is 28.8 Å². The van der Waals surface area contributed by atoms with Crippen molar-refractivity contribution in [2.24, 2.45) is 5.11 Å². The van der Waals surface area contributed by atoms with Crippen molar-refractivity contribution in [2.75, 3.05) is 19.8 Å². The summed E-state index contributed by atoms with van der Waals surface area (Å²) < 4.78 is 30.1. The minimum atomic E-state index is -1.11. The zero-order valence-corrected chi connectivity index (χ0v) is 19.1. The summed E-state index contributed by atoms with van der Waals surface area (Å²) in [6.07, 6.45) is -4.46. The Balaban J connectivity index is 1.34. The number of aliphatic hydroxyl groups excluding tert-OH is 1. The molecule has 9 heteroatoms. The van der Waals surface area contributed by atoms with Gasteiger partial charge in [0.1, 0.15) is 24.4 Å². The van der Waals surface area contributed by atoms with Crippen LogP contribution < -0.4 is 0 Å². The molecule has 3 aromatic carbocycles. The molecule has 6 atom stereocenters. The Bertz CT molecular complexity index is 1170. The summed E-state index contributed by atoms with van der Waals surface area (Å²) in [5.41, 5.74) is 10.3. The second-order valence-electron chi connectivity index (χ2n) is 8.49. The largest absolute Gasteiger partial charge is 0.385 e. The lowest BCUT2D eigenvalue weighted by Gasteiger charge is -2.47. The molecular formula is C26H27N3O6. The van der Waals surface area contributed by atoms with Crippen molar-refractivity contribution in [1.29, 1.82) is 0 Å². The summed E-state index contributed by atoms with van der Waals surface area (Å²) in [5.74, 6) is 0. The van der Waals surface area contributed by atoms with E-state index in [1.54, 1.807) is 0 Å². The first-order valence-electron chi connectivity index (χ1n) is 11.6. The Morgan fingerprint density at radius 3 is 2.60 bits per heavy atom. The molecule has 3 aromatic rings. The van der Waals surface area contributed by atoms with Crippen molar-refractivity contribution in [3.8, 4) is 0 Å². The van der Waals surface area contributed by atoms with Crippen LogP contribution in [0.2, 0.25) is 0 Å². The summed E-state index contributed by atoms with van der Waals surface area (Å²) >= 11 is 0. The maximum atomic E-state index is 11.1. The number of azide groups is 1. The lowest BCUT2D eigenvalue weighted by molar-refractivity contribution is -0.366. The van der Waals surface area contributed by atoms with Crippen LogP contribution in [-0.4, -0.2) is 55.6 Å². The van der Waals surface area contributed by atoms with Crippen LogP contribution >= 0.6 is 0 Å². The third-order valence-electron chi connectivity index (χ3n) is 6.17. The molecule has 9 nitrogen and oxygen atoms in total. The van der Waals surface area contributed by atoms with E-state index in [0.717, 1.165) is 21.9 Å². The van der Waals surface area contributed by atoms with E-state index in [0.29, 0.717) is 0 Å². The standard InChI is InChI=1S/C26H27N3O6/c27-29-28-12-13-31-26-22(30)24(32-15-17-10-11-18-6-4-5-9-20(18)14-17)23-21(34-26)16-33-25(35-23)19-7-2-1-3-8-19/h1-11,14,21-26,30H,12-13,15-16H2/t21-,22+,23-,24-,25?,26+/m1/s1. The Labute approximate surface area is 202 Å². The molecule has 0 aromatic heterocycles. The van der Waals surface area contributed by atoms with E-state index in [1.807, 2.05) is 48.5 Å². The molecule has 5 rings (SSSR count). The van der Waals surface area contributed by atoms with Crippen molar-refractivity contribution in [2.45, 2.75) is 43.6 Å². The molecule has 0 saturated carbocycles. The van der Waals surface area contributed by atoms with Crippen LogP contribution in [-0.2, 0) is 30.3 Å². The first-order chi connectivity index (χ1) is 17.2. The molecular weight excluding hydrogens is 450 g/mol. The zero-order valence-electron chi connectivity index (χ0n) is 19.1. The molecule has 2 heterocycles. The number of nitrogens with zero attached hydrogens (tertiary/aromatic N) is 3. The Hall–Kier alpha value is -3.01. The predicted molar refractivity (Wildman–Crippen MR) is 127 cm³/mol. The third kappa shape index (κ3) is 5.47. The van der Waals surface area contributed by atoms with Gasteiger partial charge in [0.05, 0.1) is 19.8 Å². The number of ether oxygens (including phenoxy) is 5. The van der Waals surface area contributed by atoms with Gasteiger partial charge in [-0.25, -0.2) is 0 Å². The fourth-order valence-electron chi connectivity index (χ4n) is 4.45. The SMILES string of the molecule is [N-]=[N+]=NCCO[C@H]1O[C@@H]2COC(c3ccccc3)O[C@H]2[C@H](OCc2ccc3ccccc3c2)[C@@H]1O. The quantitative estimate of drug-likeness (QED) is 0.224. The lowest BCUT2D eigenvalue weighted by Crippen LogP contribution is -2.63. The number of fused-ring (bicyclic) bond motifs is 2. The number of hydrogen-bond donors (Lipinski definition) is 1.